The fourth-order valence-corrected chi connectivity index (χ4v) is 1.32. The van der Waals surface area contributed by atoms with Crippen molar-refractivity contribution in [2.24, 2.45) is 5.92 Å². The number of rotatable bonds is 5. The third-order valence-electron chi connectivity index (χ3n) is 2.10. The highest BCUT2D eigenvalue weighted by Crippen LogP contribution is 2.18. The van der Waals surface area contributed by atoms with Crippen molar-refractivity contribution >= 4 is 12.1 Å². The molecular weight excluding hydrogens is 270 g/mol. The number of ether oxygens (including phenoxy) is 2. The summed E-state index contributed by atoms with van der Waals surface area (Å²) in [5.74, 6) is -1.35. The molecule has 8 nitrogen and oxygen atoms in total. The van der Waals surface area contributed by atoms with E-state index in [0.717, 1.165) is 12.1 Å². The van der Waals surface area contributed by atoms with Crippen LogP contribution in [0.4, 0.5) is 4.79 Å². The van der Waals surface area contributed by atoms with Crippen molar-refractivity contribution in [2.75, 3.05) is 0 Å². The standard InChI is InChI=1S/C12H17NO7/c1-7(2)6-11(16)18-8(3)19-12(17)20-13-9(14)4-5-10(13)15/h4-5,7-8,14-15H,6H2,1-3H3. The summed E-state index contributed by atoms with van der Waals surface area (Å²) in [4.78, 5) is 27.2. The van der Waals surface area contributed by atoms with Crippen LogP contribution in [0.3, 0.4) is 0 Å². The predicted molar refractivity (Wildman–Crippen MR) is 65.8 cm³/mol. The molecule has 112 valence electrons. The molecule has 0 spiro atoms. The van der Waals surface area contributed by atoms with Gasteiger partial charge in [0.2, 0.25) is 18.1 Å². The molecule has 1 unspecified atom stereocenters. The highest BCUT2D eigenvalue weighted by Gasteiger charge is 2.19. The van der Waals surface area contributed by atoms with E-state index in [1.54, 1.807) is 0 Å². The SMILES string of the molecule is CC(C)CC(=O)OC(C)OC(=O)On1c(O)ccc1O. The minimum Gasteiger partial charge on any atom is -0.492 e. The van der Waals surface area contributed by atoms with Gasteiger partial charge in [-0.15, -0.1) is 4.73 Å². The Morgan fingerprint density at radius 2 is 1.70 bits per heavy atom. The van der Waals surface area contributed by atoms with E-state index in [1.807, 2.05) is 13.8 Å². The highest BCUT2D eigenvalue weighted by atomic mass is 16.9. The summed E-state index contributed by atoms with van der Waals surface area (Å²) in [6.07, 6.45) is -2.19. The summed E-state index contributed by atoms with van der Waals surface area (Å²) in [6.45, 7) is 5.03. The average molecular weight is 287 g/mol. The molecule has 0 saturated heterocycles. The first-order valence-corrected chi connectivity index (χ1v) is 5.97. The lowest BCUT2D eigenvalue weighted by Gasteiger charge is -2.14. The molecule has 20 heavy (non-hydrogen) atoms. The van der Waals surface area contributed by atoms with Gasteiger partial charge in [-0.1, -0.05) is 13.8 Å². The van der Waals surface area contributed by atoms with Crippen LogP contribution in [0, 0.1) is 5.92 Å². The van der Waals surface area contributed by atoms with Crippen LogP contribution >= 0.6 is 0 Å². The smallest absolute Gasteiger partial charge is 0.492 e. The molecule has 8 heteroatoms. The van der Waals surface area contributed by atoms with E-state index >= 15 is 0 Å². The molecular formula is C12H17NO7. The molecule has 0 fully saturated rings. The van der Waals surface area contributed by atoms with E-state index < -0.39 is 30.2 Å². The lowest BCUT2D eigenvalue weighted by molar-refractivity contribution is -0.169. The van der Waals surface area contributed by atoms with Crippen LogP contribution in [0.15, 0.2) is 12.1 Å². The van der Waals surface area contributed by atoms with Crippen molar-refractivity contribution in [3.8, 4) is 11.8 Å². The van der Waals surface area contributed by atoms with E-state index in [9.17, 15) is 19.8 Å². The van der Waals surface area contributed by atoms with E-state index in [-0.39, 0.29) is 12.3 Å². The normalized spacial score (nSPS) is 12.0. The van der Waals surface area contributed by atoms with E-state index in [0.29, 0.717) is 4.73 Å². The minimum atomic E-state index is -1.24. The molecule has 1 aromatic heterocycles. The second kappa shape index (κ2) is 6.69. The van der Waals surface area contributed by atoms with Crippen molar-refractivity contribution in [1.82, 2.24) is 4.73 Å². The summed E-state index contributed by atoms with van der Waals surface area (Å²) >= 11 is 0. The fourth-order valence-electron chi connectivity index (χ4n) is 1.32. The van der Waals surface area contributed by atoms with Crippen molar-refractivity contribution in [3.63, 3.8) is 0 Å². The van der Waals surface area contributed by atoms with Crippen LogP contribution in [-0.4, -0.2) is 33.4 Å². The number of aromatic nitrogens is 1. The maximum Gasteiger partial charge on any atom is 0.537 e. The Labute approximate surface area is 115 Å². The molecule has 0 aliphatic carbocycles. The molecule has 2 N–H and O–H groups in total. The number of carbonyl (C=O) groups excluding carboxylic acids is 2. The second-order valence-electron chi connectivity index (χ2n) is 4.46. The van der Waals surface area contributed by atoms with Gasteiger partial charge in [0.05, 0.1) is 0 Å². The van der Waals surface area contributed by atoms with Crippen LogP contribution in [-0.2, 0) is 14.3 Å². The van der Waals surface area contributed by atoms with E-state index in [2.05, 4.69) is 9.57 Å². The fraction of sp³-hybridized carbons (Fsp3) is 0.500. The molecule has 0 amide bonds. The van der Waals surface area contributed by atoms with Gasteiger partial charge >= 0.3 is 12.1 Å². The van der Waals surface area contributed by atoms with E-state index in [4.69, 9.17) is 4.74 Å². The summed E-state index contributed by atoms with van der Waals surface area (Å²) < 4.78 is 9.92. The topological polar surface area (TPSA) is 107 Å². The van der Waals surface area contributed by atoms with Gasteiger partial charge in [-0.25, -0.2) is 4.79 Å². The van der Waals surface area contributed by atoms with Crippen LogP contribution in [0.2, 0.25) is 0 Å². The zero-order chi connectivity index (χ0) is 15.3. The maximum atomic E-state index is 11.4. The predicted octanol–water partition coefficient (Wildman–Crippen LogP) is 1.40. The number of nitrogens with zero attached hydrogens (tertiary/aromatic N) is 1. The molecule has 1 heterocycles. The quantitative estimate of drug-likeness (QED) is 0.622. The first-order chi connectivity index (χ1) is 9.29. The van der Waals surface area contributed by atoms with Crippen molar-refractivity contribution in [2.45, 2.75) is 33.5 Å². The summed E-state index contributed by atoms with van der Waals surface area (Å²) in [5.41, 5.74) is 0. The van der Waals surface area contributed by atoms with Gasteiger partial charge in [-0.3, -0.25) is 9.63 Å². The summed E-state index contributed by atoms with van der Waals surface area (Å²) in [6, 6.07) is 2.24. The van der Waals surface area contributed by atoms with Gasteiger partial charge in [0.15, 0.2) is 0 Å². The molecule has 0 bridgehead atoms. The Morgan fingerprint density at radius 3 is 2.20 bits per heavy atom. The van der Waals surface area contributed by atoms with Crippen LogP contribution in [0.1, 0.15) is 27.2 Å². The first-order valence-electron chi connectivity index (χ1n) is 5.97. The number of hydrogen-bond donors (Lipinski definition) is 2. The molecule has 0 aliphatic rings. The maximum absolute atomic E-state index is 11.4. The molecule has 0 aliphatic heterocycles. The third kappa shape index (κ3) is 4.71. The lowest BCUT2D eigenvalue weighted by Crippen LogP contribution is -2.27. The third-order valence-corrected chi connectivity index (χ3v) is 2.10. The number of esters is 1. The van der Waals surface area contributed by atoms with Crippen LogP contribution < -0.4 is 4.84 Å². The Morgan fingerprint density at radius 1 is 1.15 bits per heavy atom. The molecule has 1 aromatic rings. The number of aromatic hydroxyl groups is 2. The Hall–Kier alpha value is -2.38. The zero-order valence-electron chi connectivity index (χ0n) is 11.4. The number of carbonyl (C=O) groups is 2. The Balaban J connectivity index is 2.44. The molecule has 1 atom stereocenters. The molecule has 0 saturated carbocycles. The largest absolute Gasteiger partial charge is 0.537 e. The molecule has 0 aromatic carbocycles. The minimum absolute atomic E-state index is 0.121. The van der Waals surface area contributed by atoms with Gasteiger partial charge < -0.3 is 19.7 Å². The Kier molecular flexibility index (Phi) is 5.24. The van der Waals surface area contributed by atoms with Crippen LogP contribution in [0.5, 0.6) is 11.8 Å². The molecule has 1 rings (SSSR count). The average Bonchev–Trinajstić information content (AvgIpc) is 2.59. The molecule has 0 radical (unpaired) electrons. The van der Waals surface area contributed by atoms with E-state index in [1.165, 1.54) is 6.92 Å². The number of hydrogen-bond acceptors (Lipinski definition) is 7. The lowest BCUT2D eigenvalue weighted by atomic mass is 10.1. The van der Waals surface area contributed by atoms with Crippen molar-refractivity contribution in [1.29, 1.82) is 0 Å². The van der Waals surface area contributed by atoms with Gasteiger partial charge in [0.25, 0.3) is 0 Å². The van der Waals surface area contributed by atoms with Gasteiger partial charge in [0, 0.05) is 25.5 Å². The van der Waals surface area contributed by atoms with Crippen molar-refractivity contribution < 1.29 is 34.1 Å². The Bertz CT molecular complexity index is 461. The second-order valence-corrected chi connectivity index (χ2v) is 4.46. The highest BCUT2D eigenvalue weighted by molar-refractivity contribution is 5.70. The first kappa shape index (κ1) is 15.7. The van der Waals surface area contributed by atoms with Crippen molar-refractivity contribution in [3.05, 3.63) is 12.1 Å². The monoisotopic (exact) mass is 287 g/mol. The van der Waals surface area contributed by atoms with Gasteiger partial charge in [0.1, 0.15) is 0 Å². The zero-order valence-corrected chi connectivity index (χ0v) is 11.4. The summed E-state index contributed by atoms with van der Waals surface area (Å²) in [5, 5.41) is 18.5. The summed E-state index contributed by atoms with van der Waals surface area (Å²) in [7, 11) is 0. The van der Waals surface area contributed by atoms with Crippen LogP contribution in [0.25, 0.3) is 0 Å². The van der Waals surface area contributed by atoms with Gasteiger partial charge in [-0.05, 0) is 5.92 Å². The van der Waals surface area contributed by atoms with Gasteiger partial charge in [-0.2, -0.15) is 0 Å².